The summed E-state index contributed by atoms with van der Waals surface area (Å²) in [5.74, 6) is 0. The van der Waals surface area contributed by atoms with Crippen LogP contribution in [0.2, 0.25) is 0 Å². The maximum atomic E-state index is 3.66. The van der Waals surface area contributed by atoms with E-state index in [2.05, 4.69) is 37.6 Å². The first-order chi connectivity index (χ1) is 5.85. The highest BCUT2D eigenvalue weighted by Gasteiger charge is 1.82. The highest BCUT2D eigenvalue weighted by Crippen LogP contribution is 1.98. The topological polar surface area (TPSA) is 0 Å². The molecule has 0 fully saturated rings. The van der Waals surface area contributed by atoms with E-state index in [1.54, 1.807) is 0 Å². The van der Waals surface area contributed by atoms with Crippen LogP contribution in [-0.2, 0) is 6.42 Å². The summed E-state index contributed by atoms with van der Waals surface area (Å²) >= 11 is 0. The van der Waals surface area contributed by atoms with Gasteiger partial charge in [0.2, 0.25) is 0 Å². The third-order valence-corrected chi connectivity index (χ3v) is 1.22. The van der Waals surface area contributed by atoms with Crippen LogP contribution in [0.5, 0.6) is 0 Å². The van der Waals surface area contributed by atoms with Crippen LogP contribution < -0.4 is 0 Å². The molecule has 0 aliphatic carbocycles. The van der Waals surface area contributed by atoms with Crippen molar-refractivity contribution in [1.82, 2.24) is 0 Å². The Morgan fingerprint density at radius 2 is 1.67 bits per heavy atom. The Bertz CT molecular complexity index is 238. The Balaban J connectivity index is 0.000000354. The van der Waals surface area contributed by atoms with Crippen molar-refractivity contribution in [3.05, 3.63) is 67.4 Å². The van der Waals surface area contributed by atoms with Crippen LogP contribution in [0.1, 0.15) is 5.56 Å². The van der Waals surface area contributed by atoms with Crippen LogP contribution >= 0.6 is 0 Å². The molecule has 0 spiro atoms. The number of allylic oxidation sites excluding steroid dienone is 1. The van der Waals surface area contributed by atoms with E-state index >= 15 is 0 Å². The van der Waals surface area contributed by atoms with Gasteiger partial charge in [-0.25, -0.2) is 0 Å². The zero-order valence-electron chi connectivity index (χ0n) is 7.29. The first-order valence-corrected chi connectivity index (χ1v) is 3.79. The predicted octanol–water partition coefficient (Wildman–Crippen LogP) is 3.37. The third-order valence-electron chi connectivity index (χ3n) is 1.22. The highest BCUT2D eigenvalue weighted by atomic mass is 13.9. The van der Waals surface area contributed by atoms with Gasteiger partial charge in [-0.2, -0.15) is 0 Å². The number of benzene rings is 1. The molecule has 0 saturated heterocycles. The van der Waals surface area contributed by atoms with Gasteiger partial charge in [0.25, 0.3) is 0 Å². The summed E-state index contributed by atoms with van der Waals surface area (Å²) in [7, 11) is 0. The minimum Gasteiger partial charge on any atom is -0.137 e. The van der Waals surface area contributed by atoms with E-state index in [1.165, 1.54) is 5.56 Å². The van der Waals surface area contributed by atoms with Gasteiger partial charge in [0.05, 0.1) is 0 Å². The lowest BCUT2D eigenvalue weighted by atomic mass is 10.2. The standard InChI is InChI=1S/C9H10.C3H4/c1-2-6-9-7-4-3-5-8-9;1-3-2/h2-5,7-8H,1,6H2;1-2H2. The summed E-state index contributed by atoms with van der Waals surface area (Å²) in [6.45, 7) is 9.91. The molecule has 0 nitrogen and oxygen atoms in total. The fraction of sp³-hybridized carbons (Fsp3) is 0.0833. The van der Waals surface area contributed by atoms with Gasteiger partial charge < -0.3 is 0 Å². The average Bonchev–Trinajstić information content (AvgIpc) is 2.08. The summed E-state index contributed by atoms with van der Waals surface area (Å²) in [4.78, 5) is 0. The largest absolute Gasteiger partial charge is 0.137 e. The fourth-order valence-corrected chi connectivity index (χ4v) is 0.781. The Labute approximate surface area is 74.6 Å². The lowest BCUT2D eigenvalue weighted by Crippen LogP contribution is -1.75. The molecule has 0 saturated carbocycles. The van der Waals surface area contributed by atoms with E-state index in [1.807, 2.05) is 24.3 Å². The lowest BCUT2D eigenvalue weighted by molar-refractivity contribution is 1.28. The Hall–Kier alpha value is -1.52. The SMILES string of the molecule is C=C=C.C=CCc1ccccc1. The minimum absolute atomic E-state index is 0.973. The second kappa shape index (κ2) is 7.59. The highest BCUT2D eigenvalue weighted by molar-refractivity contribution is 5.16. The first-order valence-electron chi connectivity index (χ1n) is 3.79. The van der Waals surface area contributed by atoms with Gasteiger partial charge in [-0.1, -0.05) is 49.6 Å². The summed E-state index contributed by atoms with van der Waals surface area (Å²) in [5, 5.41) is 0. The Kier molecular flexibility index (Phi) is 6.62. The van der Waals surface area contributed by atoms with E-state index < -0.39 is 0 Å². The monoisotopic (exact) mass is 158 g/mol. The van der Waals surface area contributed by atoms with Crippen molar-refractivity contribution in [3.63, 3.8) is 0 Å². The average molecular weight is 158 g/mol. The molecule has 0 bridgehead atoms. The van der Waals surface area contributed by atoms with Crippen LogP contribution in [0.25, 0.3) is 0 Å². The van der Waals surface area contributed by atoms with Crippen molar-refractivity contribution >= 4 is 0 Å². The molecule has 0 aliphatic heterocycles. The quantitative estimate of drug-likeness (QED) is 0.457. The van der Waals surface area contributed by atoms with E-state index in [9.17, 15) is 0 Å². The van der Waals surface area contributed by atoms with E-state index in [4.69, 9.17) is 0 Å². The first kappa shape index (κ1) is 10.5. The summed E-state index contributed by atoms with van der Waals surface area (Å²) < 4.78 is 0. The van der Waals surface area contributed by atoms with Gasteiger partial charge in [0, 0.05) is 0 Å². The molecule has 0 amide bonds. The van der Waals surface area contributed by atoms with Crippen molar-refractivity contribution < 1.29 is 0 Å². The maximum absolute atomic E-state index is 3.66. The van der Waals surface area contributed by atoms with Gasteiger partial charge in [-0.05, 0) is 12.0 Å². The van der Waals surface area contributed by atoms with Gasteiger partial charge >= 0.3 is 0 Å². The molecule has 62 valence electrons. The number of rotatable bonds is 2. The summed E-state index contributed by atoms with van der Waals surface area (Å²) in [6.07, 6.45) is 2.89. The molecule has 1 aromatic rings. The molecule has 0 heterocycles. The van der Waals surface area contributed by atoms with Gasteiger partial charge in [-0.15, -0.1) is 12.3 Å². The fourth-order valence-electron chi connectivity index (χ4n) is 0.781. The molecule has 0 heteroatoms. The molecule has 0 unspecified atom stereocenters. The number of hydrogen-bond donors (Lipinski definition) is 0. The summed E-state index contributed by atoms with van der Waals surface area (Å²) in [6, 6.07) is 10.3. The zero-order valence-corrected chi connectivity index (χ0v) is 7.29. The molecular formula is C12H14. The zero-order chi connectivity index (χ0) is 9.23. The van der Waals surface area contributed by atoms with Crippen molar-refractivity contribution in [2.75, 3.05) is 0 Å². The van der Waals surface area contributed by atoms with Crippen LogP contribution in [0.15, 0.2) is 61.9 Å². The van der Waals surface area contributed by atoms with E-state index in [-0.39, 0.29) is 0 Å². The van der Waals surface area contributed by atoms with Gasteiger partial charge in [0.1, 0.15) is 0 Å². The van der Waals surface area contributed by atoms with Gasteiger partial charge in [-0.3, -0.25) is 0 Å². The smallest absolute Gasteiger partial charge is 0.0100 e. The van der Waals surface area contributed by atoms with Crippen LogP contribution in [0, 0.1) is 0 Å². The van der Waals surface area contributed by atoms with Crippen molar-refractivity contribution in [3.8, 4) is 0 Å². The molecular weight excluding hydrogens is 144 g/mol. The molecule has 1 rings (SSSR count). The Morgan fingerprint density at radius 3 is 2.08 bits per heavy atom. The predicted molar refractivity (Wildman–Crippen MR) is 55.1 cm³/mol. The third kappa shape index (κ3) is 5.28. The molecule has 0 N–H and O–H groups in total. The van der Waals surface area contributed by atoms with E-state index in [0.29, 0.717) is 0 Å². The lowest BCUT2D eigenvalue weighted by Gasteiger charge is -1.91. The minimum atomic E-state index is 0.973. The van der Waals surface area contributed by atoms with E-state index in [0.717, 1.165) is 6.42 Å². The number of hydrogen-bond acceptors (Lipinski definition) is 0. The molecule has 0 aromatic heterocycles. The van der Waals surface area contributed by atoms with Crippen molar-refractivity contribution in [2.24, 2.45) is 0 Å². The van der Waals surface area contributed by atoms with Crippen LogP contribution in [0.3, 0.4) is 0 Å². The molecule has 12 heavy (non-hydrogen) atoms. The normalized spacial score (nSPS) is 7.33. The van der Waals surface area contributed by atoms with Crippen molar-refractivity contribution in [1.29, 1.82) is 0 Å². The maximum Gasteiger partial charge on any atom is -0.0100 e. The van der Waals surface area contributed by atoms with Crippen LogP contribution in [-0.4, -0.2) is 0 Å². The second-order valence-corrected chi connectivity index (χ2v) is 2.23. The van der Waals surface area contributed by atoms with Gasteiger partial charge in [0.15, 0.2) is 0 Å². The molecule has 0 radical (unpaired) electrons. The summed E-state index contributed by atoms with van der Waals surface area (Å²) in [5.41, 5.74) is 3.58. The van der Waals surface area contributed by atoms with Crippen molar-refractivity contribution in [2.45, 2.75) is 6.42 Å². The Morgan fingerprint density at radius 1 is 1.17 bits per heavy atom. The second-order valence-electron chi connectivity index (χ2n) is 2.23. The molecule has 1 aromatic carbocycles. The van der Waals surface area contributed by atoms with Crippen LogP contribution in [0.4, 0.5) is 0 Å². The molecule has 0 atom stereocenters. The molecule has 0 aliphatic rings.